The van der Waals surface area contributed by atoms with Crippen LogP contribution < -0.4 is 11.2 Å². The largest absolute Gasteiger partial charge is 0.387 e. The molecule has 1 unspecified atom stereocenters. The molecular weight excluding hydrogens is 238 g/mol. The molecule has 0 bridgehead atoms. The minimum atomic E-state index is -1.66. The number of aliphatic hydroxyl groups excluding tert-OH is 5. The summed E-state index contributed by atoms with van der Waals surface area (Å²) >= 11 is 4.45. The Bertz CT molecular complexity index is 294. The molecule has 1 fully saturated rings. The summed E-state index contributed by atoms with van der Waals surface area (Å²) in [5, 5.41) is 50.1. The topological polar surface area (TPSA) is 152 Å². The van der Waals surface area contributed by atoms with Crippen LogP contribution in [-0.2, 0) is 0 Å². The molecule has 0 aromatic heterocycles. The second-order valence-electron chi connectivity index (χ2n) is 3.37. The van der Waals surface area contributed by atoms with Gasteiger partial charge in [0.2, 0.25) is 0 Å². The van der Waals surface area contributed by atoms with Gasteiger partial charge in [-0.1, -0.05) is 0 Å². The van der Waals surface area contributed by atoms with E-state index in [4.69, 9.17) is 5.73 Å². The van der Waals surface area contributed by atoms with E-state index in [1.807, 2.05) is 0 Å². The number of aliphatic hydroxyl groups is 5. The van der Waals surface area contributed by atoms with Gasteiger partial charge in [-0.2, -0.15) is 5.10 Å². The normalized spacial score (nSPS) is 42.1. The summed E-state index contributed by atoms with van der Waals surface area (Å²) in [6.45, 7) is 0. The van der Waals surface area contributed by atoms with Crippen LogP contribution in [0.3, 0.4) is 0 Å². The number of rotatable bonds is 1. The first kappa shape index (κ1) is 13.2. The second-order valence-corrected chi connectivity index (χ2v) is 3.81. The van der Waals surface area contributed by atoms with E-state index in [1.165, 1.54) is 0 Å². The predicted octanol–water partition coefficient (Wildman–Crippen LogP) is -4.01. The Morgan fingerprint density at radius 2 is 1.50 bits per heavy atom. The van der Waals surface area contributed by atoms with E-state index < -0.39 is 30.5 Å². The lowest BCUT2D eigenvalue weighted by Gasteiger charge is -2.36. The molecule has 1 aliphatic rings. The van der Waals surface area contributed by atoms with E-state index in [0.717, 1.165) is 0 Å². The average Bonchev–Trinajstić information content (AvgIpc) is 2.23. The zero-order valence-corrected chi connectivity index (χ0v) is 8.87. The maximum atomic E-state index is 9.47. The molecule has 5 atom stereocenters. The van der Waals surface area contributed by atoms with Gasteiger partial charge in [0.05, 0.1) is 0 Å². The van der Waals surface area contributed by atoms with Gasteiger partial charge in [-0.05, 0) is 12.2 Å². The van der Waals surface area contributed by atoms with Crippen LogP contribution in [-0.4, -0.2) is 66.9 Å². The summed E-state index contributed by atoms with van der Waals surface area (Å²) in [6.07, 6.45) is -8.19. The third-order valence-electron chi connectivity index (χ3n) is 2.25. The smallest absolute Gasteiger partial charge is 0.184 e. The summed E-state index contributed by atoms with van der Waals surface area (Å²) in [7, 11) is 0. The van der Waals surface area contributed by atoms with Crippen molar-refractivity contribution in [2.24, 2.45) is 10.8 Å². The molecule has 8 nitrogen and oxygen atoms in total. The number of hydrogen-bond donors (Lipinski definition) is 7. The van der Waals surface area contributed by atoms with Gasteiger partial charge in [-0.25, -0.2) is 0 Å². The van der Waals surface area contributed by atoms with Crippen molar-refractivity contribution in [1.82, 2.24) is 5.43 Å². The van der Waals surface area contributed by atoms with E-state index in [1.54, 1.807) is 0 Å². The first-order valence-corrected chi connectivity index (χ1v) is 4.80. The van der Waals surface area contributed by atoms with E-state index in [-0.39, 0.29) is 10.8 Å². The van der Waals surface area contributed by atoms with E-state index in [2.05, 4.69) is 22.7 Å². The highest BCUT2D eigenvalue weighted by Crippen LogP contribution is 2.18. The van der Waals surface area contributed by atoms with Crippen LogP contribution in [0.25, 0.3) is 0 Å². The van der Waals surface area contributed by atoms with Crippen LogP contribution in [0, 0.1) is 0 Å². The van der Waals surface area contributed by atoms with Gasteiger partial charge in [0.15, 0.2) is 5.11 Å². The van der Waals surface area contributed by atoms with Gasteiger partial charge in [0, 0.05) is 0 Å². The lowest BCUT2D eigenvalue weighted by Crippen LogP contribution is -2.62. The minimum Gasteiger partial charge on any atom is -0.387 e. The van der Waals surface area contributed by atoms with Crippen LogP contribution in [0.5, 0.6) is 0 Å². The predicted molar refractivity (Wildman–Crippen MR) is 57.4 cm³/mol. The fourth-order valence-corrected chi connectivity index (χ4v) is 1.40. The maximum absolute atomic E-state index is 9.47. The van der Waals surface area contributed by atoms with Gasteiger partial charge in [-0.3, -0.25) is 5.43 Å². The average molecular weight is 251 g/mol. The third-order valence-corrected chi connectivity index (χ3v) is 2.34. The molecule has 0 heterocycles. The summed E-state index contributed by atoms with van der Waals surface area (Å²) < 4.78 is 0. The zero-order chi connectivity index (χ0) is 12.5. The number of thiocarbonyl (C=S) groups is 1. The monoisotopic (exact) mass is 251 g/mol. The Morgan fingerprint density at radius 1 is 1.06 bits per heavy atom. The molecule has 0 aromatic carbocycles. The number of nitrogens with zero attached hydrogens (tertiary/aromatic N) is 1. The Morgan fingerprint density at radius 3 is 1.88 bits per heavy atom. The van der Waals surface area contributed by atoms with Crippen LogP contribution in [0.15, 0.2) is 5.10 Å². The van der Waals surface area contributed by atoms with Crippen molar-refractivity contribution < 1.29 is 25.5 Å². The summed E-state index contributed by atoms with van der Waals surface area (Å²) in [6, 6.07) is 0. The van der Waals surface area contributed by atoms with E-state index >= 15 is 0 Å². The number of hydrogen-bond acceptors (Lipinski definition) is 7. The molecule has 0 spiro atoms. The van der Waals surface area contributed by atoms with Gasteiger partial charge >= 0.3 is 0 Å². The third kappa shape index (κ3) is 2.45. The van der Waals surface area contributed by atoms with Crippen molar-refractivity contribution in [3.05, 3.63) is 0 Å². The highest BCUT2D eigenvalue weighted by Gasteiger charge is 2.46. The van der Waals surface area contributed by atoms with Gasteiger partial charge in [0.1, 0.15) is 36.2 Å². The summed E-state index contributed by atoms with van der Waals surface area (Å²) in [5.74, 6) is 0. The van der Waals surface area contributed by atoms with Crippen molar-refractivity contribution in [2.75, 3.05) is 0 Å². The van der Waals surface area contributed by atoms with Crippen molar-refractivity contribution in [3.8, 4) is 0 Å². The van der Waals surface area contributed by atoms with Crippen LogP contribution in [0.4, 0.5) is 0 Å². The molecule has 0 amide bonds. The molecule has 0 radical (unpaired) electrons. The maximum Gasteiger partial charge on any atom is 0.184 e. The first-order valence-electron chi connectivity index (χ1n) is 4.39. The number of hydrazone groups is 1. The standard InChI is InChI=1S/C7H13N3O5S/c8-7(16)10-9-1-2(11)4(13)6(15)5(14)3(1)12/h2-6,11-15H,(H3,8,10,16)/t2-,3+,4-,5-,6?/m1/s1. The molecule has 1 aliphatic carbocycles. The highest BCUT2D eigenvalue weighted by atomic mass is 32.1. The lowest BCUT2D eigenvalue weighted by molar-refractivity contribution is -0.130. The van der Waals surface area contributed by atoms with Gasteiger partial charge in [0.25, 0.3) is 0 Å². The molecular formula is C7H13N3O5S. The van der Waals surface area contributed by atoms with E-state index in [0.29, 0.717) is 0 Å². The molecule has 16 heavy (non-hydrogen) atoms. The van der Waals surface area contributed by atoms with Crippen molar-refractivity contribution in [3.63, 3.8) is 0 Å². The molecule has 1 saturated carbocycles. The summed E-state index contributed by atoms with van der Waals surface area (Å²) in [4.78, 5) is 0. The highest BCUT2D eigenvalue weighted by molar-refractivity contribution is 7.80. The second kappa shape index (κ2) is 4.99. The van der Waals surface area contributed by atoms with Crippen molar-refractivity contribution >= 4 is 23.0 Å². The molecule has 9 heteroatoms. The van der Waals surface area contributed by atoms with Gasteiger partial charge < -0.3 is 31.3 Å². The lowest BCUT2D eigenvalue weighted by atomic mass is 9.86. The van der Waals surface area contributed by atoms with Crippen LogP contribution >= 0.6 is 12.2 Å². The SMILES string of the molecule is NC(=S)NN=C1[C@@H](O)[C@@H](O)C(O)[C@H](O)[C@H]1O. The molecule has 0 aromatic rings. The molecule has 0 saturated heterocycles. The quantitative estimate of drug-likeness (QED) is 0.184. The molecule has 8 N–H and O–H groups in total. The van der Waals surface area contributed by atoms with Crippen molar-refractivity contribution in [2.45, 2.75) is 30.5 Å². The van der Waals surface area contributed by atoms with Crippen molar-refractivity contribution in [1.29, 1.82) is 0 Å². The first-order chi connectivity index (χ1) is 7.36. The Kier molecular flexibility index (Phi) is 4.13. The van der Waals surface area contributed by atoms with Crippen LogP contribution in [0.1, 0.15) is 0 Å². The molecule has 92 valence electrons. The Hall–Kier alpha value is -0.840. The summed E-state index contributed by atoms with van der Waals surface area (Å²) in [5.41, 5.74) is 6.83. The Balaban J connectivity index is 2.90. The van der Waals surface area contributed by atoms with Crippen LogP contribution in [0.2, 0.25) is 0 Å². The fourth-order valence-electron chi connectivity index (χ4n) is 1.35. The number of nitrogens with two attached hydrogens (primary N) is 1. The molecule has 1 rings (SSSR count). The fraction of sp³-hybridized carbons (Fsp3) is 0.714. The van der Waals surface area contributed by atoms with Gasteiger partial charge in [-0.15, -0.1) is 0 Å². The zero-order valence-electron chi connectivity index (χ0n) is 8.06. The Labute approximate surface area is 96.0 Å². The minimum absolute atomic E-state index is 0.206. The van der Waals surface area contributed by atoms with E-state index in [9.17, 15) is 25.5 Å². The molecule has 0 aliphatic heterocycles. The number of nitrogens with one attached hydrogen (secondary N) is 1.